The van der Waals surface area contributed by atoms with Crippen LogP contribution < -0.4 is 0 Å². The molecule has 0 saturated heterocycles. The van der Waals surface area contributed by atoms with Crippen molar-refractivity contribution >= 4 is 32.2 Å². The van der Waals surface area contributed by atoms with Gasteiger partial charge in [-0.3, -0.25) is 4.40 Å². The number of imidazole rings is 1. The minimum Gasteiger partial charge on any atom is -0.297 e. The van der Waals surface area contributed by atoms with Crippen LogP contribution in [0.1, 0.15) is 11.3 Å². The smallest absolute Gasteiger partial charge is 0.193 e. The van der Waals surface area contributed by atoms with Gasteiger partial charge in [0.15, 0.2) is 4.96 Å². The van der Waals surface area contributed by atoms with E-state index in [2.05, 4.69) is 27.1 Å². The molecule has 104 valence electrons. The van der Waals surface area contributed by atoms with Crippen molar-refractivity contribution in [1.82, 2.24) is 9.38 Å². The summed E-state index contributed by atoms with van der Waals surface area (Å²) in [5.41, 5.74) is 2.13. The Morgan fingerprint density at radius 3 is 3.00 bits per heavy atom. The highest BCUT2D eigenvalue weighted by atomic mass is 79.9. The van der Waals surface area contributed by atoms with E-state index in [0.717, 1.165) is 34.4 Å². The van der Waals surface area contributed by atoms with Crippen molar-refractivity contribution < 1.29 is 4.39 Å². The Labute approximate surface area is 129 Å². The predicted molar refractivity (Wildman–Crippen MR) is 84.2 cm³/mol. The molecule has 2 nitrogen and oxygen atoms in total. The minimum absolute atomic E-state index is 0.168. The van der Waals surface area contributed by atoms with Crippen molar-refractivity contribution in [2.24, 2.45) is 5.92 Å². The Hall–Kier alpha value is -1.20. The standard InChI is InChI=1S/C15H14BrFN2S/c16-9-12(6-11-2-1-3-13(17)7-11)8-14-10-19-4-5-20-15(19)18-14/h1-5,7,10,12H,6,8-9H2. The van der Waals surface area contributed by atoms with E-state index in [-0.39, 0.29) is 5.82 Å². The second-order valence-corrected chi connectivity index (χ2v) is 6.40. The molecule has 2 heterocycles. The fourth-order valence-electron chi connectivity index (χ4n) is 2.35. The molecular formula is C15H14BrFN2S. The first-order valence-corrected chi connectivity index (χ1v) is 8.46. The third-order valence-corrected chi connectivity index (χ3v) is 4.96. The highest BCUT2D eigenvalue weighted by Gasteiger charge is 2.12. The van der Waals surface area contributed by atoms with Gasteiger partial charge in [0.05, 0.1) is 5.69 Å². The summed E-state index contributed by atoms with van der Waals surface area (Å²) in [5, 5.41) is 2.91. The van der Waals surface area contributed by atoms with Crippen LogP contribution in [0.15, 0.2) is 42.0 Å². The molecule has 3 rings (SSSR count). The van der Waals surface area contributed by atoms with Crippen LogP contribution in [0, 0.1) is 11.7 Å². The lowest BCUT2D eigenvalue weighted by Crippen LogP contribution is -2.10. The third-order valence-electron chi connectivity index (χ3n) is 3.27. The molecule has 0 amide bonds. The molecule has 0 aliphatic rings. The highest BCUT2D eigenvalue weighted by molar-refractivity contribution is 9.09. The largest absolute Gasteiger partial charge is 0.297 e. The zero-order chi connectivity index (χ0) is 13.9. The molecule has 5 heteroatoms. The van der Waals surface area contributed by atoms with Gasteiger partial charge < -0.3 is 0 Å². The molecule has 1 aromatic carbocycles. The number of alkyl halides is 1. The third kappa shape index (κ3) is 3.10. The Balaban J connectivity index is 1.72. The summed E-state index contributed by atoms with van der Waals surface area (Å²) in [6.07, 6.45) is 5.85. The summed E-state index contributed by atoms with van der Waals surface area (Å²) in [7, 11) is 0. The monoisotopic (exact) mass is 352 g/mol. The van der Waals surface area contributed by atoms with Crippen LogP contribution in [-0.4, -0.2) is 14.7 Å². The van der Waals surface area contributed by atoms with E-state index in [4.69, 9.17) is 0 Å². The summed E-state index contributed by atoms with van der Waals surface area (Å²) in [6.45, 7) is 0. The maximum atomic E-state index is 13.2. The van der Waals surface area contributed by atoms with Crippen molar-refractivity contribution in [3.05, 3.63) is 59.1 Å². The molecule has 0 aliphatic heterocycles. The topological polar surface area (TPSA) is 17.3 Å². The molecule has 0 spiro atoms. The fourth-order valence-corrected chi connectivity index (χ4v) is 3.53. The Bertz CT molecular complexity index is 678. The van der Waals surface area contributed by atoms with Gasteiger partial charge in [0.25, 0.3) is 0 Å². The van der Waals surface area contributed by atoms with Crippen LogP contribution in [-0.2, 0) is 12.8 Å². The zero-order valence-electron chi connectivity index (χ0n) is 10.8. The number of halogens is 2. The van der Waals surface area contributed by atoms with Gasteiger partial charge in [-0.25, -0.2) is 9.37 Å². The van der Waals surface area contributed by atoms with E-state index in [0.29, 0.717) is 5.92 Å². The average Bonchev–Trinajstić information content (AvgIpc) is 2.98. The van der Waals surface area contributed by atoms with E-state index in [1.807, 2.05) is 22.0 Å². The minimum atomic E-state index is -0.168. The van der Waals surface area contributed by atoms with Crippen LogP contribution in [0.5, 0.6) is 0 Å². The Morgan fingerprint density at radius 1 is 1.35 bits per heavy atom. The maximum absolute atomic E-state index is 13.2. The van der Waals surface area contributed by atoms with Gasteiger partial charge in [0.2, 0.25) is 0 Å². The number of rotatable bonds is 5. The highest BCUT2D eigenvalue weighted by Crippen LogP contribution is 2.19. The van der Waals surface area contributed by atoms with E-state index in [9.17, 15) is 4.39 Å². The van der Waals surface area contributed by atoms with Crippen LogP contribution in [0.2, 0.25) is 0 Å². The van der Waals surface area contributed by atoms with Crippen LogP contribution in [0.3, 0.4) is 0 Å². The molecule has 0 radical (unpaired) electrons. The molecule has 20 heavy (non-hydrogen) atoms. The first-order valence-electron chi connectivity index (χ1n) is 6.46. The van der Waals surface area contributed by atoms with Crippen molar-refractivity contribution in [2.75, 3.05) is 5.33 Å². The Kier molecular flexibility index (Phi) is 4.17. The molecule has 0 aliphatic carbocycles. The second kappa shape index (κ2) is 6.06. The zero-order valence-corrected chi connectivity index (χ0v) is 13.2. The molecule has 0 saturated carbocycles. The number of hydrogen-bond donors (Lipinski definition) is 0. The molecular weight excluding hydrogens is 339 g/mol. The fraction of sp³-hybridized carbons (Fsp3) is 0.267. The SMILES string of the molecule is Fc1cccc(CC(CBr)Cc2cn3ccsc3n2)c1. The summed E-state index contributed by atoms with van der Waals surface area (Å²) < 4.78 is 15.3. The number of hydrogen-bond acceptors (Lipinski definition) is 2. The molecule has 3 aromatic rings. The molecule has 0 bridgehead atoms. The van der Waals surface area contributed by atoms with Crippen molar-refractivity contribution in [3.8, 4) is 0 Å². The number of benzene rings is 1. The van der Waals surface area contributed by atoms with Gasteiger partial charge >= 0.3 is 0 Å². The lowest BCUT2D eigenvalue weighted by molar-refractivity contribution is 0.577. The van der Waals surface area contributed by atoms with Gasteiger partial charge in [0.1, 0.15) is 5.82 Å². The van der Waals surface area contributed by atoms with Gasteiger partial charge in [-0.15, -0.1) is 11.3 Å². The quantitative estimate of drug-likeness (QED) is 0.624. The lowest BCUT2D eigenvalue weighted by Gasteiger charge is -2.12. The van der Waals surface area contributed by atoms with Gasteiger partial charge in [-0.2, -0.15) is 0 Å². The predicted octanol–water partition coefficient (Wildman–Crippen LogP) is 4.33. The molecule has 2 aromatic heterocycles. The van der Waals surface area contributed by atoms with E-state index in [1.54, 1.807) is 23.5 Å². The summed E-state index contributed by atoms with van der Waals surface area (Å²) in [6, 6.07) is 6.84. The molecule has 1 atom stereocenters. The van der Waals surface area contributed by atoms with Gasteiger partial charge in [-0.1, -0.05) is 28.1 Å². The summed E-state index contributed by atoms with van der Waals surface area (Å²) in [5.74, 6) is 0.250. The van der Waals surface area contributed by atoms with E-state index in [1.165, 1.54) is 6.07 Å². The first-order chi connectivity index (χ1) is 9.74. The van der Waals surface area contributed by atoms with E-state index < -0.39 is 0 Å². The number of nitrogens with zero attached hydrogens (tertiary/aromatic N) is 2. The van der Waals surface area contributed by atoms with Crippen molar-refractivity contribution in [1.29, 1.82) is 0 Å². The Morgan fingerprint density at radius 2 is 2.25 bits per heavy atom. The molecule has 1 unspecified atom stereocenters. The lowest BCUT2D eigenvalue weighted by atomic mass is 9.97. The normalized spacial score (nSPS) is 12.9. The number of aromatic nitrogens is 2. The van der Waals surface area contributed by atoms with Gasteiger partial charge in [0, 0.05) is 23.1 Å². The number of thiazole rings is 1. The van der Waals surface area contributed by atoms with Crippen molar-refractivity contribution in [2.45, 2.75) is 12.8 Å². The van der Waals surface area contributed by atoms with Gasteiger partial charge in [-0.05, 0) is 36.5 Å². The first kappa shape index (κ1) is 13.8. The van der Waals surface area contributed by atoms with Crippen LogP contribution in [0.25, 0.3) is 4.96 Å². The second-order valence-electron chi connectivity index (χ2n) is 4.88. The van der Waals surface area contributed by atoms with Crippen LogP contribution >= 0.6 is 27.3 Å². The number of fused-ring (bicyclic) bond motifs is 1. The van der Waals surface area contributed by atoms with E-state index >= 15 is 0 Å². The van der Waals surface area contributed by atoms with Crippen molar-refractivity contribution in [3.63, 3.8) is 0 Å². The maximum Gasteiger partial charge on any atom is 0.193 e. The summed E-state index contributed by atoms with van der Waals surface area (Å²) >= 11 is 5.20. The molecule has 0 N–H and O–H groups in total. The molecule has 0 fully saturated rings. The summed E-state index contributed by atoms with van der Waals surface area (Å²) in [4.78, 5) is 5.63. The van der Waals surface area contributed by atoms with Crippen LogP contribution in [0.4, 0.5) is 4.39 Å². The average molecular weight is 353 g/mol.